The van der Waals surface area contributed by atoms with Gasteiger partial charge < -0.3 is 25.8 Å². The maximum atomic E-state index is 10.3. The van der Waals surface area contributed by atoms with Crippen LogP contribution in [0.4, 0.5) is 11.8 Å². The molecule has 0 amide bonds. The number of aliphatic hydroxyl groups is 3. The molecule has 1 aliphatic heterocycles. The average molecular weight is 399 g/mol. The van der Waals surface area contributed by atoms with Crippen molar-refractivity contribution in [3.8, 4) is 0 Å². The van der Waals surface area contributed by atoms with Gasteiger partial charge in [0.05, 0.1) is 19.1 Å². The van der Waals surface area contributed by atoms with Gasteiger partial charge in [-0.2, -0.15) is 15.1 Å². The number of aliphatic hydroxyl groups excluding tert-OH is 3. The number of nitrogens with one attached hydrogen (secondary N) is 1. The molecule has 4 atom stereocenters. The SMILES string of the molecule is Cc1ccccc1/C=N/Nc1nc(N)c2ncn([C@@H]3O[C@H](CO)[C@@H](O)[C@H]3O)c2n1. The van der Waals surface area contributed by atoms with Crippen molar-refractivity contribution in [3.05, 3.63) is 41.7 Å². The lowest BCUT2D eigenvalue weighted by Gasteiger charge is -2.16. The molecule has 0 aliphatic carbocycles. The second-order valence-corrected chi connectivity index (χ2v) is 6.71. The largest absolute Gasteiger partial charge is 0.394 e. The Morgan fingerprint density at radius 1 is 1.28 bits per heavy atom. The van der Waals surface area contributed by atoms with Crippen LogP contribution in [0.3, 0.4) is 0 Å². The van der Waals surface area contributed by atoms with Crippen LogP contribution in [0.5, 0.6) is 0 Å². The van der Waals surface area contributed by atoms with E-state index in [1.165, 1.54) is 10.9 Å². The predicted octanol–water partition coefficient (Wildman–Crippen LogP) is -0.226. The van der Waals surface area contributed by atoms with Crippen molar-refractivity contribution in [2.75, 3.05) is 17.8 Å². The summed E-state index contributed by atoms with van der Waals surface area (Å²) >= 11 is 0. The molecule has 1 aromatic carbocycles. The molecule has 6 N–H and O–H groups in total. The van der Waals surface area contributed by atoms with Gasteiger partial charge in [0.25, 0.3) is 0 Å². The second-order valence-electron chi connectivity index (χ2n) is 6.71. The predicted molar refractivity (Wildman–Crippen MR) is 105 cm³/mol. The highest BCUT2D eigenvalue weighted by atomic mass is 16.6. The molecule has 0 bridgehead atoms. The molecule has 29 heavy (non-hydrogen) atoms. The second kappa shape index (κ2) is 7.72. The smallest absolute Gasteiger partial charge is 0.247 e. The number of anilines is 2. The lowest BCUT2D eigenvalue weighted by atomic mass is 10.1. The number of hydrogen-bond donors (Lipinski definition) is 5. The molecule has 152 valence electrons. The molecule has 1 aliphatic rings. The molecule has 0 radical (unpaired) electrons. The third kappa shape index (κ3) is 3.51. The molecule has 1 fully saturated rings. The number of aromatic nitrogens is 4. The normalized spacial score (nSPS) is 24.6. The zero-order chi connectivity index (χ0) is 20.5. The minimum atomic E-state index is -1.27. The number of imidazole rings is 1. The van der Waals surface area contributed by atoms with Crippen molar-refractivity contribution in [1.29, 1.82) is 0 Å². The van der Waals surface area contributed by atoms with E-state index in [1.807, 2.05) is 31.2 Å². The summed E-state index contributed by atoms with van der Waals surface area (Å²) in [6.45, 7) is 1.54. The molecule has 0 spiro atoms. The summed E-state index contributed by atoms with van der Waals surface area (Å²) in [6.07, 6.45) is -1.37. The quantitative estimate of drug-likeness (QED) is 0.288. The van der Waals surface area contributed by atoms with E-state index < -0.39 is 31.1 Å². The van der Waals surface area contributed by atoms with Crippen molar-refractivity contribution < 1.29 is 20.1 Å². The Morgan fingerprint density at radius 2 is 2.07 bits per heavy atom. The van der Waals surface area contributed by atoms with Crippen LogP contribution in [0.2, 0.25) is 0 Å². The summed E-state index contributed by atoms with van der Waals surface area (Å²) < 4.78 is 6.98. The van der Waals surface area contributed by atoms with Crippen molar-refractivity contribution >= 4 is 29.1 Å². The number of hydrazone groups is 1. The van der Waals surface area contributed by atoms with Gasteiger partial charge >= 0.3 is 0 Å². The van der Waals surface area contributed by atoms with Crippen molar-refractivity contribution in [1.82, 2.24) is 19.5 Å². The fraction of sp³-hybridized carbons (Fsp3) is 0.333. The van der Waals surface area contributed by atoms with Crippen molar-refractivity contribution in [2.45, 2.75) is 31.5 Å². The number of fused-ring (bicyclic) bond motifs is 1. The van der Waals surface area contributed by atoms with Gasteiger partial charge in [-0.1, -0.05) is 24.3 Å². The highest BCUT2D eigenvalue weighted by Gasteiger charge is 2.44. The van der Waals surface area contributed by atoms with E-state index in [0.29, 0.717) is 11.2 Å². The lowest BCUT2D eigenvalue weighted by Crippen LogP contribution is -2.33. The molecule has 2 aromatic heterocycles. The lowest BCUT2D eigenvalue weighted by molar-refractivity contribution is -0.0511. The maximum absolute atomic E-state index is 10.3. The van der Waals surface area contributed by atoms with E-state index in [0.717, 1.165) is 11.1 Å². The van der Waals surface area contributed by atoms with Gasteiger partial charge in [0.2, 0.25) is 5.95 Å². The van der Waals surface area contributed by atoms with Gasteiger partial charge in [0.15, 0.2) is 17.7 Å². The summed E-state index contributed by atoms with van der Waals surface area (Å²) in [6, 6.07) is 7.75. The van der Waals surface area contributed by atoms with Crippen LogP contribution in [0.1, 0.15) is 17.4 Å². The summed E-state index contributed by atoms with van der Waals surface area (Å²) in [5.41, 5.74) is 11.3. The molecule has 4 rings (SSSR count). The van der Waals surface area contributed by atoms with Crippen molar-refractivity contribution in [2.24, 2.45) is 5.10 Å². The number of hydrogen-bond acceptors (Lipinski definition) is 10. The van der Waals surface area contributed by atoms with Gasteiger partial charge in [-0.25, -0.2) is 10.4 Å². The Balaban J connectivity index is 1.63. The topological polar surface area (TPSA) is 164 Å². The Kier molecular flexibility index (Phi) is 5.11. The zero-order valence-corrected chi connectivity index (χ0v) is 15.5. The average Bonchev–Trinajstić information content (AvgIpc) is 3.25. The molecule has 3 aromatic rings. The van der Waals surface area contributed by atoms with E-state index >= 15 is 0 Å². The number of nitrogens with zero attached hydrogens (tertiary/aromatic N) is 5. The summed E-state index contributed by atoms with van der Waals surface area (Å²) in [7, 11) is 0. The molecular weight excluding hydrogens is 378 g/mol. The summed E-state index contributed by atoms with van der Waals surface area (Å²) in [5, 5.41) is 33.7. The van der Waals surface area contributed by atoms with Crippen molar-refractivity contribution in [3.63, 3.8) is 0 Å². The Hall–Kier alpha value is -3.12. The first-order valence-corrected chi connectivity index (χ1v) is 8.97. The van der Waals surface area contributed by atoms with Crippen LogP contribution < -0.4 is 11.2 Å². The van der Waals surface area contributed by atoms with Crippen LogP contribution in [0.25, 0.3) is 11.2 Å². The van der Waals surface area contributed by atoms with Crippen LogP contribution in [-0.4, -0.2) is 66.0 Å². The number of nitrogens with two attached hydrogens (primary N) is 1. The number of benzene rings is 1. The molecule has 0 unspecified atom stereocenters. The summed E-state index contributed by atoms with van der Waals surface area (Å²) in [5.74, 6) is 0.252. The molecular formula is C18H21N7O4. The number of aryl methyl sites for hydroxylation is 1. The Bertz CT molecular complexity index is 1050. The van der Waals surface area contributed by atoms with Crippen LogP contribution in [0.15, 0.2) is 35.7 Å². The van der Waals surface area contributed by atoms with Crippen LogP contribution >= 0.6 is 0 Å². The van der Waals surface area contributed by atoms with Crippen LogP contribution in [-0.2, 0) is 4.74 Å². The van der Waals surface area contributed by atoms with E-state index in [9.17, 15) is 15.3 Å². The maximum Gasteiger partial charge on any atom is 0.247 e. The first kappa shape index (κ1) is 19.2. The fourth-order valence-corrected chi connectivity index (χ4v) is 3.18. The first-order chi connectivity index (χ1) is 14.0. The fourth-order valence-electron chi connectivity index (χ4n) is 3.18. The number of rotatable bonds is 5. The third-order valence-corrected chi connectivity index (χ3v) is 4.80. The molecule has 11 heteroatoms. The monoisotopic (exact) mass is 399 g/mol. The van der Waals surface area contributed by atoms with Gasteiger partial charge in [-0.05, 0) is 18.1 Å². The first-order valence-electron chi connectivity index (χ1n) is 8.97. The van der Waals surface area contributed by atoms with Gasteiger partial charge in [0.1, 0.15) is 23.8 Å². The number of ether oxygens (including phenoxy) is 1. The Morgan fingerprint density at radius 3 is 2.79 bits per heavy atom. The van der Waals surface area contributed by atoms with E-state index in [1.54, 1.807) is 6.21 Å². The van der Waals surface area contributed by atoms with E-state index in [4.69, 9.17) is 10.5 Å². The van der Waals surface area contributed by atoms with Gasteiger partial charge in [0, 0.05) is 0 Å². The van der Waals surface area contributed by atoms with Gasteiger partial charge in [-0.3, -0.25) is 4.57 Å². The summed E-state index contributed by atoms with van der Waals surface area (Å²) in [4.78, 5) is 12.7. The molecule has 3 heterocycles. The minimum Gasteiger partial charge on any atom is -0.394 e. The molecule has 0 saturated carbocycles. The standard InChI is InChI=1S/C18H21N7O4/c1-9-4-2-3-5-10(9)6-21-24-18-22-15(19)12-16(23-18)25(8-20-12)17-14(28)13(27)11(7-26)29-17/h2-6,8,11,13-14,17,26-28H,7H2,1H3,(H3,19,22,23,24)/b21-6+/t11-,13-,14-,17-/m1/s1. The Labute approximate surface area is 165 Å². The molecule has 1 saturated heterocycles. The highest BCUT2D eigenvalue weighted by molar-refractivity contribution is 5.84. The van der Waals surface area contributed by atoms with E-state index in [2.05, 4.69) is 25.5 Å². The minimum absolute atomic E-state index is 0.120. The zero-order valence-electron chi connectivity index (χ0n) is 15.5. The van der Waals surface area contributed by atoms with Gasteiger partial charge in [-0.15, -0.1) is 0 Å². The van der Waals surface area contributed by atoms with Crippen LogP contribution in [0, 0.1) is 6.92 Å². The third-order valence-electron chi connectivity index (χ3n) is 4.80. The highest BCUT2D eigenvalue weighted by Crippen LogP contribution is 2.32. The van der Waals surface area contributed by atoms with E-state index in [-0.39, 0.29) is 11.8 Å². The molecule has 11 nitrogen and oxygen atoms in total. The number of nitrogen functional groups attached to an aromatic ring is 1.